The van der Waals surface area contributed by atoms with Gasteiger partial charge in [-0.15, -0.1) is 11.8 Å². The highest BCUT2D eigenvalue weighted by atomic mass is 32.2. The van der Waals surface area contributed by atoms with E-state index < -0.39 is 0 Å². The summed E-state index contributed by atoms with van der Waals surface area (Å²) in [6, 6.07) is 7.08. The van der Waals surface area contributed by atoms with E-state index in [1.54, 1.807) is 0 Å². The van der Waals surface area contributed by atoms with Gasteiger partial charge in [-0.2, -0.15) is 0 Å². The van der Waals surface area contributed by atoms with Crippen molar-refractivity contribution in [3.63, 3.8) is 0 Å². The Morgan fingerprint density at radius 3 is 2.38 bits per heavy atom. The highest BCUT2D eigenvalue weighted by molar-refractivity contribution is 8.08. The number of thioether (sulfide) groups is 1. The third-order valence-electron chi connectivity index (χ3n) is 4.38. The van der Waals surface area contributed by atoms with E-state index in [9.17, 15) is 0 Å². The Balaban J connectivity index is 2.47. The van der Waals surface area contributed by atoms with Crippen molar-refractivity contribution in [2.45, 2.75) is 59.3 Å². The summed E-state index contributed by atoms with van der Waals surface area (Å²) in [7, 11) is 0. The van der Waals surface area contributed by atoms with E-state index in [4.69, 9.17) is 0 Å². The lowest BCUT2D eigenvalue weighted by molar-refractivity contribution is 0.683. The van der Waals surface area contributed by atoms with E-state index >= 15 is 0 Å². The molecule has 0 nitrogen and oxygen atoms in total. The standard InChI is InChI=1S/C20H28S/c1-5-16-12-13-18(14-17(16)6-2)20(21-7-3)19-11-9-8-10-15(19)4/h12-14H,4-11H2,1-3H3/b20-19-. The fourth-order valence-electron chi connectivity index (χ4n) is 3.17. The molecule has 1 fully saturated rings. The number of rotatable bonds is 5. The van der Waals surface area contributed by atoms with Gasteiger partial charge in [-0.3, -0.25) is 0 Å². The quantitative estimate of drug-likeness (QED) is 0.605. The molecule has 0 amide bonds. The topological polar surface area (TPSA) is 0 Å². The van der Waals surface area contributed by atoms with Crippen LogP contribution in [0.3, 0.4) is 0 Å². The highest BCUT2D eigenvalue weighted by Gasteiger charge is 2.17. The zero-order chi connectivity index (χ0) is 15.2. The summed E-state index contributed by atoms with van der Waals surface area (Å²) < 4.78 is 0. The van der Waals surface area contributed by atoms with E-state index in [1.807, 2.05) is 11.8 Å². The van der Waals surface area contributed by atoms with Gasteiger partial charge < -0.3 is 0 Å². The van der Waals surface area contributed by atoms with Gasteiger partial charge in [0.05, 0.1) is 0 Å². The molecule has 0 aliphatic heterocycles. The lowest BCUT2D eigenvalue weighted by atomic mass is 9.88. The van der Waals surface area contributed by atoms with Gasteiger partial charge in [-0.1, -0.05) is 51.1 Å². The van der Waals surface area contributed by atoms with Crippen LogP contribution in [-0.2, 0) is 12.8 Å². The van der Waals surface area contributed by atoms with Crippen molar-refractivity contribution < 1.29 is 0 Å². The number of allylic oxidation sites excluding steroid dienone is 2. The third kappa shape index (κ3) is 3.83. The molecular weight excluding hydrogens is 272 g/mol. The van der Waals surface area contributed by atoms with Crippen molar-refractivity contribution in [3.05, 3.63) is 52.6 Å². The monoisotopic (exact) mass is 300 g/mol. The van der Waals surface area contributed by atoms with Crippen molar-refractivity contribution >= 4 is 16.7 Å². The maximum absolute atomic E-state index is 4.33. The molecule has 0 aromatic heterocycles. The Hall–Kier alpha value is -0.950. The van der Waals surface area contributed by atoms with Crippen molar-refractivity contribution in [2.24, 2.45) is 0 Å². The molecule has 2 rings (SSSR count). The van der Waals surface area contributed by atoms with Crippen molar-refractivity contribution in [1.82, 2.24) is 0 Å². The SMILES string of the molecule is C=C1CCCC/C1=C(/SCC)c1ccc(CC)c(CC)c1. The number of hydrogen-bond donors (Lipinski definition) is 0. The molecule has 0 bridgehead atoms. The molecule has 1 aromatic carbocycles. The Bertz CT molecular complexity index is 537. The van der Waals surface area contributed by atoms with Gasteiger partial charge in [0.25, 0.3) is 0 Å². The first kappa shape index (κ1) is 16.4. The van der Waals surface area contributed by atoms with Crippen LogP contribution in [0.1, 0.15) is 63.1 Å². The lowest BCUT2D eigenvalue weighted by Gasteiger charge is -2.22. The molecule has 0 radical (unpaired) electrons. The normalized spacial score (nSPS) is 18.0. The summed E-state index contributed by atoms with van der Waals surface area (Å²) in [4.78, 5) is 1.49. The Kier molecular flexibility index (Phi) is 6.17. The van der Waals surface area contributed by atoms with Crippen LogP contribution in [-0.4, -0.2) is 5.75 Å². The molecule has 0 heterocycles. The molecule has 114 valence electrons. The van der Waals surface area contributed by atoms with Gasteiger partial charge in [0.2, 0.25) is 0 Å². The molecular formula is C20H28S. The largest absolute Gasteiger partial charge is 0.126 e. The van der Waals surface area contributed by atoms with E-state index in [0.717, 1.165) is 18.6 Å². The second kappa shape index (κ2) is 7.89. The molecule has 0 N–H and O–H groups in total. The zero-order valence-electron chi connectivity index (χ0n) is 13.8. The van der Waals surface area contributed by atoms with Gasteiger partial charge in [0.15, 0.2) is 0 Å². The summed E-state index contributed by atoms with van der Waals surface area (Å²) in [5, 5.41) is 0. The van der Waals surface area contributed by atoms with E-state index in [0.29, 0.717) is 0 Å². The predicted octanol–water partition coefficient (Wildman–Crippen LogP) is 6.41. The van der Waals surface area contributed by atoms with Crippen LogP contribution in [0.5, 0.6) is 0 Å². The van der Waals surface area contributed by atoms with Crippen LogP contribution in [0.4, 0.5) is 0 Å². The highest BCUT2D eigenvalue weighted by Crippen LogP contribution is 2.40. The van der Waals surface area contributed by atoms with Gasteiger partial charge >= 0.3 is 0 Å². The summed E-state index contributed by atoms with van der Waals surface area (Å²) >= 11 is 1.99. The number of aryl methyl sites for hydroxylation is 2. The maximum atomic E-state index is 4.33. The summed E-state index contributed by atoms with van der Waals surface area (Å²) in [5.41, 5.74) is 7.31. The van der Waals surface area contributed by atoms with Gasteiger partial charge in [0, 0.05) is 4.91 Å². The molecule has 1 heteroatoms. The smallest absolute Gasteiger partial charge is 0.0179 e. The zero-order valence-corrected chi connectivity index (χ0v) is 14.6. The second-order valence-corrected chi connectivity index (χ2v) is 7.02. The summed E-state index contributed by atoms with van der Waals surface area (Å²) in [5.74, 6) is 1.13. The molecule has 1 aromatic rings. The molecule has 0 saturated heterocycles. The number of hydrogen-bond acceptors (Lipinski definition) is 1. The minimum absolute atomic E-state index is 1.12. The number of benzene rings is 1. The second-order valence-electron chi connectivity index (χ2n) is 5.74. The van der Waals surface area contributed by atoms with Crippen molar-refractivity contribution in [1.29, 1.82) is 0 Å². The third-order valence-corrected chi connectivity index (χ3v) is 5.43. The van der Waals surface area contributed by atoms with Crippen LogP contribution in [0.25, 0.3) is 4.91 Å². The van der Waals surface area contributed by atoms with Crippen LogP contribution >= 0.6 is 11.8 Å². The molecule has 0 atom stereocenters. The first-order valence-electron chi connectivity index (χ1n) is 8.37. The maximum Gasteiger partial charge on any atom is 0.0179 e. The minimum atomic E-state index is 1.12. The Morgan fingerprint density at radius 1 is 1.05 bits per heavy atom. The Labute approximate surface area is 134 Å². The van der Waals surface area contributed by atoms with E-state index in [1.165, 1.54) is 58.4 Å². The van der Waals surface area contributed by atoms with Crippen LogP contribution in [0.2, 0.25) is 0 Å². The lowest BCUT2D eigenvalue weighted by Crippen LogP contribution is -2.01. The average molecular weight is 301 g/mol. The van der Waals surface area contributed by atoms with Crippen molar-refractivity contribution in [3.8, 4) is 0 Å². The van der Waals surface area contributed by atoms with Crippen LogP contribution < -0.4 is 0 Å². The first-order valence-corrected chi connectivity index (χ1v) is 9.36. The van der Waals surface area contributed by atoms with Gasteiger partial charge in [-0.25, -0.2) is 0 Å². The Morgan fingerprint density at radius 2 is 1.76 bits per heavy atom. The first-order chi connectivity index (χ1) is 10.2. The van der Waals surface area contributed by atoms with Crippen LogP contribution in [0, 0.1) is 0 Å². The fraction of sp³-hybridized carbons (Fsp3) is 0.500. The van der Waals surface area contributed by atoms with E-state index in [2.05, 4.69) is 45.5 Å². The molecule has 1 aliphatic rings. The van der Waals surface area contributed by atoms with Gasteiger partial charge in [0.1, 0.15) is 0 Å². The predicted molar refractivity (Wildman–Crippen MR) is 97.9 cm³/mol. The molecule has 0 spiro atoms. The van der Waals surface area contributed by atoms with E-state index in [-0.39, 0.29) is 0 Å². The molecule has 1 saturated carbocycles. The van der Waals surface area contributed by atoms with Crippen LogP contribution in [0.15, 0.2) is 35.9 Å². The van der Waals surface area contributed by atoms with Gasteiger partial charge in [-0.05, 0) is 66.5 Å². The molecule has 1 aliphatic carbocycles. The summed E-state index contributed by atoms with van der Waals surface area (Å²) in [6.45, 7) is 11.1. The summed E-state index contributed by atoms with van der Waals surface area (Å²) in [6.07, 6.45) is 7.26. The fourth-order valence-corrected chi connectivity index (χ4v) is 4.18. The minimum Gasteiger partial charge on any atom is -0.126 e. The van der Waals surface area contributed by atoms with Crippen molar-refractivity contribution in [2.75, 3.05) is 5.75 Å². The molecule has 0 unspecified atom stereocenters. The molecule has 21 heavy (non-hydrogen) atoms. The average Bonchev–Trinajstić information content (AvgIpc) is 2.53.